The van der Waals surface area contributed by atoms with Crippen LogP contribution in [0.3, 0.4) is 0 Å². The molecule has 0 amide bonds. The molecule has 128 valence electrons. The van der Waals surface area contributed by atoms with Gasteiger partial charge in [0.15, 0.2) is 0 Å². The van der Waals surface area contributed by atoms with Crippen molar-refractivity contribution in [2.24, 2.45) is 5.92 Å². The van der Waals surface area contributed by atoms with Crippen LogP contribution in [0.15, 0.2) is 84.9 Å². The average molecular weight is 341 g/mol. The molecule has 0 aromatic heterocycles. The Labute approximate surface area is 153 Å². The van der Waals surface area contributed by atoms with Gasteiger partial charge < -0.3 is 5.32 Å². The Bertz CT molecular complexity index is 977. The molecule has 2 aliphatic rings. The molecule has 1 aliphatic heterocycles. The van der Waals surface area contributed by atoms with Gasteiger partial charge in [-0.2, -0.15) is 0 Å². The Morgan fingerprint density at radius 2 is 1.62 bits per heavy atom. The molecule has 0 radical (unpaired) electrons. The van der Waals surface area contributed by atoms with Crippen LogP contribution in [0.1, 0.15) is 29.5 Å². The maximum absolute atomic E-state index is 14.4. The fourth-order valence-electron chi connectivity index (χ4n) is 4.44. The topological polar surface area (TPSA) is 12.0 Å². The third-order valence-corrected chi connectivity index (χ3v) is 5.71. The van der Waals surface area contributed by atoms with E-state index in [-0.39, 0.29) is 11.9 Å². The molecule has 0 saturated carbocycles. The number of fused-ring (bicyclic) bond motifs is 3. The SMILES string of the molecule is Fc1ccccc1[C@@H]1Nc2ccc(-c3ccccc3)cc2[C@H]2C=CC[C@@H]21. The number of nitrogens with one attached hydrogen (secondary N) is 1. The normalized spacial score (nSPS) is 23.2. The lowest BCUT2D eigenvalue weighted by Crippen LogP contribution is -2.29. The predicted molar refractivity (Wildman–Crippen MR) is 105 cm³/mol. The second-order valence-electron chi connectivity index (χ2n) is 7.17. The van der Waals surface area contributed by atoms with E-state index in [0.717, 1.165) is 17.7 Å². The van der Waals surface area contributed by atoms with Crippen molar-refractivity contribution in [3.05, 3.63) is 102 Å². The molecule has 0 spiro atoms. The van der Waals surface area contributed by atoms with Gasteiger partial charge in [0.2, 0.25) is 0 Å². The molecule has 3 atom stereocenters. The number of allylic oxidation sites excluding steroid dienone is 2. The van der Waals surface area contributed by atoms with Crippen LogP contribution in [0, 0.1) is 11.7 Å². The Kier molecular flexibility index (Phi) is 3.63. The first-order valence-corrected chi connectivity index (χ1v) is 9.18. The highest BCUT2D eigenvalue weighted by atomic mass is 19.1. The fourth-order valence-corrected chi connectivity index (χ4v) is 4.44. The Morgan fingerprint density at radius 3 is 2.46 bits per heavy atom. The molecule has 1 nitrogen and oxygen atoms in total. The van der Waals surface area contributed by atoms with Crippen LogP contribution in [0.5, 0.6) is 0 Å². The summed E-state index contributed by atoms with van der Waals surface area (Å²) in [5.41, 5.74) is 5.66. The summed E-state index contributed by atoms with van der Waals surface area (Å²) in [5, 5.41) is 3.62. The van der Waals surface area contributed by atoms with Crippen LogP contribution < -0.4 is 5.32 Å². The van der Waals surface area contributed by atoms with Gasteiger partial charge in [0.05, 0.1) is 6.04 Å². The summed E-state index contributed by atoms with van der Waals surface area (Å²) >= 11 is 0. The van der Waals surface area contributed by atoms with E-state index in [9.17, 15) is 4.39 Å². The van der Waals surface area contributed by atoms with Crippen LogP contribution in [-0.2, 0) is 0 Å². The van der Waals surface area contributed by atoms with Crippen molar-refractivity contribution in [2.75, 3.05) is 5.32 Å². The molecular weight excluding hydrogens is 321 g/mol. The lowest BCUT2D eigenvalue weighted by Gasteiger charge is -2.38. The highest BCUT2D eigenvalue weighted by Gasteiger charge is 2.38. The number of halogens is 1. The third-order valence-electron chi connectivity index (χ3n) is 5.71. The Hall–Kier alpha value is -2.87. The van der Waals surface area contributed by atoms with Crippen LogP contribution in [0.2, 0.25) is 0 Å². The van der Waals surface area contributed by atoms with E-state index in [1.54, 1.807) is 12.1 Å². The molecule has 0 saturated heterocycles. The van der Waals surface area contributed by atoms with Gasteiger partial charge in [0.1, 0.15) is 5.82 Å². The van der Waals surface area contributed by atoms with E-state index in [1.165, 1.54) is 16.7 Å². The zero-order valence-electron chi connectivity index (χ0n) is 14.4. The van der Waals surface area contributed by atoms with Gasteiger partial charge >= 0.3 is 0 Å². The molecule has 3 aromatic rings. The first-order valence-electron chi connectivity index (χ1n) is 9.18. The third kappa shape index (κ3) is 2.45. The summed E-state index contributed by atoms with van der Waals surface area (Å²) in [4.78, 5) is 0. The van der Waals surface area contributed by atoms with Gasteiger partial charge in [0, 0.05) is 17.2 Å². The molecule has 0 bridgehead atoms. The minimum Gasteiger partial charge on any atom is -0.378 e. The fraction of sp³-hybridized carbons (Fsp3) is 0.167. The summed E-state index contributed by atoms with van der Waals surface area (Å²) in [6, 6.07) is 24.2. The monoisotopic (exact) mass is 341 g/mol. The smallest absolute Gasteiger partial charge is 0.128 e. The Balaban J connectivity index is 1.59. The molecule has 1 N–H and O–H groups in total. The molecule has 26 heavy (non-hydrogen) atoms. The lowest BCUT2D eigenvalue weighted by atomic mass is 9.76. The molecular formula is C24H20FN. The van der Waals surface area contributed by atoms with Gasteiger partial charge in [0.25, 0.3) is 0 Å². The largest absolute Gasteiger partial charge is 0.378 e. The van der Waals surface area contributed by atoms with Crippen molar-refractivity contribution in [1.29, 1.82) is 0 Å². The summed E-state index contributed by atoms with van der Waals surface area (Å²) in [6.07, 6.45) is 5.52. The van der Waals surface area contributed by atoms with E-state index in [1.807, 2.05) is 18.2 Å². The zero-order valence-corrected chi connectivity index (χ0v) is 14.4. The summed E-state index contributed by atoms with van der Waals surface area (Å²) in [6.45, 7) is 0. The van der Waals surface area contributed by atoms with Crippen molar-refractivity contribution in [3.8, 4) is 11.1 Å². The van der Waals surface area contributed by atoms with Crippen molar-refractivity contribution in [1.82, 2.24) is 0 Å². The van der Waals surface area contributed by atoms with Gasteiger partial charge in [-0.25, -0.2) is 4.39 Å². The minimum absolute atomic E-state index is 0.00581. The maximum Gasteiger partial charge on any atom is 0.128 e. The molecule has 1 aliphatic carbocycles. The second-order valence-corrected chi connectivity index (χ2v) is 7.17. The quantitative estimate of drug-likeness (QED) is 0.538. The van der Waals surface area contributed by atoms with Crippen LogP contribution in [0.25, 0.3) is 11.1 Å². The van der Waals surface area contributed by atoms with E-state index in [0.29, 0.717) is 11.8 Å². The van der Waals surface area contributed by atoms with E-state index in [2.05, 4.69) is 59.9 Å². The van der Waals surface area contributed by atoms with Crippen molar-refractivity contribution >= 4 is 5.69 Å². The number of anilines is 1. The second kappa shape index (κ2) is 6.14. The highest BCUT2D eigenvalue weighted by Crippen LogP contribution is 2.50. The number of rotatable bonds is 2. The summed E-state index contributed by atoms with van der Waals surface area (Å²) in [5.74, 6) is 0.560. The zero-order chi connectivity index (χ0) is 17.5. The van der Waals surface area contributed by atoms with Gasteiger partial charge in [-0.1, -0.05) is 66.7 Å². The standard InChI is InChI=1S/C24H20FN/c25-22-12-5-4-9-20(22)24-19-11-6-10-18(19)21-15-17(13-14-23(21)26-24)16-7-2-1-3-8-16/h1-10,12-15,18-19,24,26H,11H2/t18-,19-,24+/m0/s1. The number of benzene rings is 3. The van der Waals surface area contributed by atoms with Gasteiger partial charge in [-0.05, 0) is 47.2 Å². The predicted octanol–water partition coefficient (Wildman–Crippen LogP) is 6.32. The van der Waals surface area contributed by atoms with E-state index >= 15 is 0 Å². The summed E-state index contributed by atoms with van der Waals surface area (Å²) < 4.78 is 14.4. The van der Waals surface area contributed by atoms with Crippen molar-refractivity contribution in [3.63, 3.8) is 0 Å². The molecule has 3 aromatic carbocycles. The lowest BCUT2D eigenvalue weighted by molar-refractivity contribution is 0.413. The van der Waals surface area contributed by atoms with Gasteiger partial charge in [-0.3, -0.25) is 0 Å². The van der Waals surface area contributed by atoms with Crippen LogP contribution >= 0.6 is 0 Å². The molecule has 1 heterocycles. The van der Waals surface area contributed by atoms with E-state index in [4.69, 9.17) is 0 Å². The number of hydrogen-bond acceptors (Lipinski definition) is 1. The molecule has 0 unspecified atom stereocenters. The highest BCUT2D eigenvalue weighted by molar-refractivity contribution is 5.71. The molecule has 0 fully saturated rings. The van der Waals surface area contributed by atoms with Crippen molar-refractivity contribution < 1.29 is 4.39 Å². The molecule has 2 heteroatoms. The van der Waals surface area contributed by atoms with Gasteiger partial charge in [-0.15, -0.1) is 0 Å². The minimum atomic E-state index is -0.125. The average Bonchev–Trinajstić information content (AvgIpc) is 3.18. The first kappa shape index (κ1) is 15.4. The van der Waals surface area contributed by atoms with Crippen LogP contribution in [-0.4, -0.2) is 0 Å². The maximum atomic E-state index is 14.4. The molecule has 5 rings (SSSR count). The van der Waals surface area contributed by atoms with Crippen LogP contribution in [0.4, 0.5) is 10.1 Å². The first-order chi connectivity index (χ1) is 12.8. The number of hydrogen-bond donors (Lipinski definition) is 1. The van der Waals surface area contributed by atoms with E-state index < -0.39 is 0 Å². The Morgan fingerprint density at radius 1 is 0.808 bits per heavy atom. The van der Waals surface area contributed by atoms with Crippen molar-refractivity contribution in [2.45, 2.75) is 18.4 Å². The summed E-state index contributed by atoms with van der Waals surface area (Å²) in [7, 11) is 0.